The van der Waals surface area contributed by atoms with Gasteiger partial charge in [-0.25, -0.2) is 0 Å². The molecule has 2 heterocycles. The molecule has 1 amide bonds. The quantitative estimate of drug-likeness (QED) is 0.457. The van der Waals surface area contributed by atoms with Crippen molar-refractivity contribution in [3.05, 3.63) is 69.1 Å². The SMILES string of the molecule is Cc1nnc2sc(-c3ccc(CNC(=O)c4ccccc4I)cc3)nn12. The maximum absolute atomic E-state index is 12.3. The van der Waals surface area contributed by atoms with E-state index in [0.29, 0.717) is 12.1 Å². The van der Waals surface area contributed by atoms with Crippen LogP contribution >= 0.6 is 33.9 Å². The van der Waals surface area contributed by atoms with Crippen LogP contribution < -0.4 is 5.32 Å². The van der Waals surface area contributed by atoms with Gasteiger partial charge in [0.25, 0.3) is 5.91 Å². The van der Waals surface area contributed by atoms with E-state index in [9.17, 15) is 4.79 Å². The van der Waals surface area contributed by atoms with Gasteiger partial charge in [-0.15, -0.1) is 10.2 Å². The van der Waals surface area contributed by atoms with Crippen molar-refractivity contribution in [2.45, 2.75) is 13.5 Å². The Morgan fingerprint density at radius 1 is 1.15 bits per heavy atom. The third kappa shape index (κ3) is 3.34. The Bertz CT molecular complexity index is 1090. The molecule has 0 spiro atoms. The minimum absolute atomic E-state index is 0.0665. The van der Waals surface area contributed by atoms with Gasteiger partial charge in [-0.05, 0) is 47.2 Å². The summed E-state index contributed by atoms with van der Waals surface area (Å²) in [6.45, 7) is 2.36. The van der Waals surface area contributed by atoms with Crippen LogP contribution in [0.2, 0.25) is 0 Å². The number of carbonyl (C=O) groups excluding carboxylic acids is 1. The number of amides is 1. The molecule has 0 saturated carbocycles. The average molecular weight is 475 g/mol. The molecule has 4 aromatic rings. The van der Waals surface area contributed by atoms with Crippen LogP contribution in [0.25, 0.3) is 15.5 Å². The first kappa shape index (κ1) is 17.1. The molecule has 26 heavy (non-hydrogen) atoms. The topological polar surface area (TPSA) is 72.2 Å². The van der Waals surface area contributed by atoms with Crippen LogP contribution in [-0.2, 0) is 6.54 Å². The summed E-state index contributed by atoms with van der Waals surface area (Å²) in [4.78, 5) is 13.1. The minimum Gasteiger partial charge on any atom is -0.348 e. The van der Waals surface area contributed by atoms with Crippen molar-refractivity contribution in [2.24, 2.45) is 0 Å². The van der Waals surface area contributed by atoms with Gasteiger partial charge in [0.15, 0.2) is 5.82 Å². The zero-order valence-electron chi connectivity index (χ0n) is 13.8. The number of nitrogens with one attached hydrogen (secondary N) is 1. The largest absolute Gasteiger partial charge is 0.348 e. The van der Waals surface area contributed by atoms with E-state index in [1.807, 2.05) is 55.5 Å². The molecule has 0 aliphatic heterocycles. The van der Waals surface area contributed by atoms with Gasteiger partial charge in [-0.1, -0.05) is 47.7 Å². The lowest BCUT2D eigenvalue weighted by atomic mass is 10.1. The van der Waals surface area contributed by atoms with E-state index in [2.05, 4.69) is 43.2 Å². The Labute approximate surface area is 167 Å². The molecule has 130 valence electrons. The van der Waals surface area contributed by atoms with Crippen LogP contribution in [0.5, 0.6) is 0 Å². The predicted molar refractivity (Wildman–Crippen MR) is 109 cm³/mol. The molecule has 8 heteroatoms. The molecule has 0 fully saturated rings. The zero-order chi connectivity index (χ0) is 18.1. The van der Waals surface area contributed by atoms with Crippen LogP contribution in [0.1, 0.15) is 21.7 Å². The smallest absolute Gasteiger partial charge is 0.252 e. The Morgan fingerprint density at radius 2 is 1.92 bits per heavy atom. The number of hydrogen-bond acceptors (Lipinski definition) is 5. The molecule has 2 aromatic heterocycles. The number of nitrogens with zero attached hydrogens (tertiary/aromatic N) is 4. The summed E-state index contributed by atoms with van der Waals surface area (Å²) < 4.78 is 2.69. The maximum Gasteiger partial charge on any atom is 0.252 e. The summed E-state index contributed by atoms with van der Waals surface area (Å²) in [5.41, 5.74) is 2.75. The van der Waals surface area contributed by atoms with Gasteiger partial charge in [-0.3, -0.25) is 4.79 Å². The van der Waals surface area contributed by atoms with E-state index >= 15 is 0 Å². The highest BCUT2D eigenvalue weighted by Gasteiger charge is 2.11. The molecule has 6 nitrogen and oxygen atoms in total. The van der Waals surface area contributed by atoms with E-state index in [1.165, 1.54) is 11.3 Å². The van der Waals surface area contributed by atoms with E-state index in [4.69, 9.17) is 0 Å². The number of halogens is 1. The predicted octanol–water partition coefficient (Wildman–Crippen LogP) is 3.70. The molecule has 0 radical (unpaired) electrons. The van der Waals surface area contributed by atoms with Crippen LogP contribution in [0.15, 0.2) is 48.5 Å². The van der Waals surface area contributed by atoms with E-state index in [-0.39, 0.29) is 5.91 Å². The molecular weight excluding hydrogens is 461 g/mol. The van der Waals surface area contributed by atoms with E-state index in [0.717, 1.165) is 30.5 Å². The highest BCUT2D eigenvalue weighted by molar-refractivity contribution is 14.1. The molecule has 0 atom stereocenters. The third-order valence-corrected chi connectivity index (χ3v) is 5.81. The summed E-state index contributed by atoms with van der Waals surface area (Å²) >= 11 is 3.67. The van der Waals surface area contributed by atoms with Crippen molar-refractivity contribution >= 4 is 44.8 Å². The van der Waals surface area contributed by atoms with Gasteiger partial charge in [0.2, 0.25) is 4.96 Å². The van der Waals surface area contributed by atoms with Gasteiger partial charge < -0.3 is 5.32 Å². The van der Waals surface area contributed by atoms with Gasteiger partial charge in [0.05, 0.1) is 5.56 Å². The summed E-state index contributed by atoms with van der Waals surface area (Å²) in [5.74, 6) is 0.709. The van der Waals surface area contributed by atoms with Crippen molar-refractivity contribution < 1.29 is 4.79 Å². The zero-order valence-corrected chi connectivity index (χ0v) is 16.8. The summed E-state index contributed by atoms with van der Waals surface area (Å²) in [5, 5.41) is 16.5. The van der Waals surface area contributed by atoms with Crippen molar-refractivity contribution in [3.8, 4) is 10.6 Å². The molecule has 2 aromatic carbocycles. The first-order chi connectivity index (χ1) is 12.6. The number of aryl methyl sites for hydroxylation is 1. The van der Waals surface area contributed by atoms with Gasteiger partial charge in [0.1, 0.15) is 5.01 Å². The van der Waals surface area contributed by atoms with Crippen molar-refractivity contribution in [2.75, 3.05) is 0 Å². The second kappa shape index (κ2) is 7.12. The van der Waals surface area contributed by atoms with Gasteiger partial charge >= 0.3 is 0 Å². The first-order valence-corrected chi connectivity index (χ1v) is 9.82. The standard InChI is InChI=1S/C18H14IN5OS/c1-11-21-22-18-24(11)23-17(26-18)13-8-6-12(7-9-13)10-20-16(25)14-4-2-3-5-15(14)19/h2-9H,10H2,1H3,(H,20,25). The number of fused-ring (bicyclic) bond motifs is 1. The molecule has 0 aliphatic carbocycles. The molecule has 1 N–H and O–H groups in total. The Hall–Kier alpha value is -2.33. The first-order valence-electron chi connectivity index (χ1n) is 7.93. The second-order valence-corrected chi connectivity index (χ2v) is 7.83. The molecule has 0 saturated heterocycles. The van der Waals surface area contributed by atoms with Crippen LogP contribution in [0.3, 0.4) is 0 Å². The highest BCUT2D eigenvalue weighted by Crippen LogP contribution is 2.25. The number of hydrogen-bond donors (Lipinski definition) is 1. The lowest BCUT2D eigenvalue weighted by Crippen LogP contribution is -2.23. The highest BCUT2D eigenvalue weighted by atomic mass is 127. The van der Waals surface area contributed by atoms with Crippen molar-refractivity contribution in [1.82, 2.24) is 25.1 Å². The van der Waals surface area contributed by atoms with E-state index < -0.39 is 0 Å². The van der Waals surface area contributed by atoms with Crippen molar-refractivity contribution in [3.63, 3.8) is 0 Å². The number of carbonyl (C=O) groups is 1. The fourth-order valence-electron chi connectivity index (χ4n) is 2.52. The lowest BCUT2D eigenvalue weighted by Gasteiger charge is -2.07. The molecule has 0 bridgehead atoms. The molecule has 0 aliphatic rings. The Balaban J connectivity index is 1.46. The number of rotatable bonds is 4. The summed E-state index contributed by atoms with van der Waals surface area (Å²) in [6.07, 6.45) is 0. The summed E-state index contributed by atoms with van der Waals surface area (Å²) in [7, 11) is 0. The Morgan fingerprint density at radius 3 is 2.65 bits per heavy atom. The third-order valence-electron chi connectivity index (χ3n) is 3.92. The van der Waals surface area contributed by atoms with Gasteiger partial charge in [-0.2, -0.15) is 9.61 Å². The van der Waals surface area contributed by atoms with Crippen LogP contribution in [0.4, 0.5) is 0 Å². The van der Waals surface area contributed by atoms with Crippen LogP contribution in [-0.4, -0.2) is 25.7 Å². The normalized spacial score (nSPS) is 11.0. The van der Waals surface area contributed by atoms with E-state index in [1.54, 1.807) is 4.52 Å². The number of benzene rings is 2. The number of aromatic nitrogens is 4. The fraction of sp³-hybridized carbons (Fsp3) is 0.111. The van der Waals surface area contributed by atoms with Crippen LogP contribution in [0, 0.1) is 10.5 Å². The lowest BCUT2D eigenvalue weighted by molar-refractivity contribution is 0.0950. The van der Waals surface area contributed by atoms with Gasteiger partial charge in [0, 0.05) is 15.7 Å². The molecule has 4 rings (SSSR count). The average Bonchev–Trinajstić information content (AvgIpc) is 3.23. The molecular formula is C18H14IN5OS. The monoisotopic (exact) mass is 475 g/mol. The fourth-order valence-corrected chi connectivity index (χ4v) is 4.04. The molecule has 0 unspecified atom stereocenters. The Kier molecular flexibility index (Phi) is 4.68. The van der Waals surface area contributed by atoms with Crippen molar-refractivity contribution in [1.29, 1.82) is 0 Å². The maximum atomic E-state index is 12.3. The second-order valence-electron chi connectivity index (χ2n) is 5.71. The minimum atomic E-state index is -0.0665. The summed E-state index contributed by atoms with van der Waals surface area (Å²) in [6, 6.07) is 15.6.